The number of hydrogen-bond acceptors (Lipinski definition) is 5. The van der Waals surface area contributed by atoms with Crippen molar-refractivity contribution in [1.29, 1.82) is 0 Å². The third kappa shape index (κ3) is 5.12. The number of hydrogen-bond donors (Lipinski definition) is 0. The molecule has 168 valence electrons. The first-order chi connectivity index (χ1) is 15.3. The molecule has 2 heterocycles. The normalized spacial score (nSPS) is 18.7. The van der Waals surface area contributed by atoms with E-state index in [0.29, 0.717) is 34.1 Å². The first kappa shape index (κ1) is 23.1. The van der Waals surface area contributed by atoms with Gasteiger partial charge in [-0.25, -0.2) is 0 Å². The smallest absolute Gasteiger partial charge is 0.233 e. The molecule has 1 aromatic heterocycles. The largest absolute Gasteiger partial charge is 0.372 e. The number of carbonyl (C=O) groups is 1. The van der Waals surface area contributed by atoms with Crippen LogP contribution in [-0.4, -0.2) is 56.6 Å². The Hall–Kier alpha value is -2.06. The Labute approximate surface area is 201 Å². The Balaban J connectivity index is 1.63. The van der Waals surface area contributed by atoms with Crippen molar-refractivity contribution in [1.82, 2.24) is 19.7 Å². The number of aryl methyl sites for hydroxylation is 1. The molecule has 0 spiro atoms. The zero-order valence-electron chi connectivity index (χ0n) is 18.1. The molecule has 0 radical (unpaired) electrons. The topological polar surface area (TPSA) is 60.3 Å². The van der Waals surface area contributed by atoms with Crippen molar-refractivity contribution in [3.8, 4) is 17.1 Å². The molecule has 0 bridgehead atoms. The Morgan fingerprint density at radius 3 is 2.41 bits per heavy atom. The molecular weight excluding hydrogens is 467 g/mol. The van der Waals surface area contributed by atoms with E-state index in [4.69, 9.17) is 27.9 Å². The van der Waals surface area contributed by atoms with E-state index >= 15 is 0 Å². The second-order valence-corrected chi connectivity index (χ2v) is 9.71. The van der Waals surface area contributed by atoms with Crippen molar-refractivity contribution >= 4 is 40.9 Å². The molecule has 4 rings (SSSR count). The quantitative estimate of drug-likeness (QED) is 0.455. The molecule has 1 saturated heterocycles. The van der Waals surface area contributed by atoms with E-state index in [1.54, 1.807) is 12.1 Å². The lowest BCUT2D eigenvalue weighted by molar-refractivity contribution is -0.140. The Bertz CT molecular complexity index is 1110. The molecule has 2 unspecified atom stereocenters. The second kappa shape index (κ2) is 9.83. The molecule has 2 aromatic carbocycles. The van der Waals surface area contributed by atoms with Crippen LogP contribution in [-0.2, 0) is 9.53 Å². The SMILES string of the molecule is Cc1ccc(-c2nnc(SCC(=O)N3CC(C)OC(C)C3)n2-c2ccc(Cl)c(Cl)c2)cc1. The summed E-state index contributed by atoms with van der Waals surface area (Å²) in [5, 5.41) is 10.4. The number of carbonyl (C=O) groups excluding carboxylic acids is 1. The standard InChI is InChI=1S/C23H24Cl2N4O2S/c1-14-4-6-17(7-5-14)22-26-27-23(29(22)18-8-9-19(24)20(25)10-18)32-13-21(30)28-11-15(2)31-16(3)12-28/h4-10,15-16H,11-13H2,1-3H3. The van der Waals surface area contributed by atoms with Crippen LogP contribution in [0.3, 0.4) is 0 Å². The van der Waals surface area contributed by atoms with E-state index < -0.39 is 0 Å². The van der Waals surface area contributed by atoms with Gasteiger partial charge in [0.05, 0.1) is 33.7 Å². The van der Waals surface area contributed by atoms with Crippen LogP contribution in [0, 0.1) is 6.92 Å². The van der Waals surface area contributed by atoms with E-state index in [-0.39, 0.29) is 23.9 Å². The maximum Gasteiger partial charge on any atom is 0.233 e. The van der Waals surface area contributed by atoms with Crippen molar-refractivity contribution in [2.24, 2.45) is 0 Å². The molecule has 1 aliphatic rings. The van der Waals surface area contributed by atoms with Gasteiger partial charge in [0.25, 0.3) is 0 Å². The van der Waals surface area contributed by atoms with E-state index in [2.05, 4.69) is 10.2 Å². The van der Waals surface area contributed by atoms with Crippen molar-refractivity contribution < 1.29 is 9.53 Å². The summed E-state index contributed by atoms with van der Waals surface area (Å²) < 4.78 is 7.65. The summed E-state index contributed by atoms with van der Waals surface area (Å²) in [5.41, 5.74) is 2.86. The van der Waals surface area contributed by atoms with Crippen molar-refractivity contribution in [2.75, 3.05) is 18.8 Å². The highest BCUT2D eigenvalue weighted by Crippen LogP contribution is 2.31. The molecular formula is C23H24Cl2N4O2S. The Morgan fingerprint density at radius 2 is 1.75 bits per heavy atom. The number of amides is 1. The zero-order valence-corrected chi connectivity index (χ0v) is 20.4. The van der Waals surface area contributed by atoms with Crippen LogP contribution >= 0.6 is 35.0 Å². The molecule has 1 aliphatic heterocycles. The Kier molecular flexibility index (Phi) is 7.10. The molecule has 0 saturated carbocycles. The summed E-state index contributed by atoms with van der Waals surface area (Å²) in [7, 11) is 0. The highest BCUT2D eigenvalue weighted by Gasteiger charge is 2.26. The third-order valence-corrected chi connectivity index (χ3v) is 6.85. The fraction of sp³-hybridized carbons (Fsp3) is 0.348. The van der Waals surface area contributed by atoms with E-state index in [9.17, 15) is 4.79 Å². The average molecular weight is 491 g/mol. The molecule has 6 nitrogen and oxygen atoms in total. The highest BCUT2D eigenvalue weighted by molar-refractivity contribution is 7.99. The molecule has 3 aromatic rings. The summed E-state index contributed by atoms with van der Waals surface area (Å²) in [6.45, 7) is 7.19. The zero-order chi connectivity index (χ0) is 22.8. The van der Waals surface area contributed by atoms with Gasteiger partial charge in [-0.1, -0.05) is 64.8 Å². The van der Waals surface area contributed by atoms with Gasteiger partial charge in [-0.05, 0) is 39.0 Å². The molecule has 2 atom stereocenters. The summed E-state index contributed by atoms with van der Waals surface area (Å²) >= 11 is 13.8. The number of morpholine rings is 1. The van der Waals surface area contributed by atoms with Gasteiger partial charge in [0.1, 0.15) is 0 Å². The minimum absolute atomic E-state index is 0.0284. The molecule has 9 heteroatoms. The second-order valence-electron chi connectivity index (χ2n) is 7.95. The molecule has 1 amide bonds. The molecule has 32 heavy (non-hydrogen) atoms. The fourth-order valence-corrected chi connectivity index (χ4v) is 4.86. The summed E-state index contributed by atoms with van der Waals surface area (Å²) in [6.07, 6.45) is 0.0569. The number of halogens is 2. The van der Waals surface area contributed by atoms with E-state index in [1.165, 1.54) is 11.8 Å². The van der Waals surface area contributed by atoms with E-state index in [0.717, 1.165) is 16.8 Å². The highest BCUT2D eigenvalue weighted by atomic mass is 35.5. The van der Waals surface area contributed by atoms with Crippen LogP contribution in [0.5, 0.6) is 0 Å². The van der Waals surface area contributed by atoms with Gasteiger partial charge in [0, 0.05) is 18.7 Å². The van der Waals surface area contributed by atoms with Gasteiger partial charge in [0.2, 0.25) is 5.91 Å². The van der Waals surface area contributed by atoms with Crippen molar-refractivity contribution in [3.63, 3.8) is 0 Å². The lowest BCUT2D eigenvalue weighted by Gasteiger charge is -2.35. The number of nitrogens with zero attached hydrogens (tertiary/aromatic N) is 4. The van der Waals surface area contributed by atoms with Crippen LogP contribution in [0.1, 0.15) is 19.4 Å². The summed E-state index contributed by atoms with van der Waals surface area (Å²) in [4.78, 5) is 14.7. The average Bonchev–Trinajstić information content (AvgIpc) is 3.17. The van der Waals surface area contributed by atoms with Crippen LogP contribution in [0.4, 0.5) is 0 Å². The van der Waals surface area contributed by atoms with Crippen LogP contribution in [0.2, 0.25) is 10.0 Å². The number of ether oxygens (including phenoxy) is 1. The van der Waals surface area contributed by atoms with Gasteiger partial charge in [-0.15, -0.1) is 10.2 Å². The summed E-state index contributed by atoms with van der Waals surface area (Å²) in [6, 6.07) is 13.5. The molecule has 1 fully saturated rings. The predicted molar refractivity (Wildman–Crippen MR) is 129 cm³/mol. The third-order valence-electron chi connectivity index (χ3n) is 5.20. The first-order valence-corrected chi connectivity index (χ1v) is 12.1. The molecule has 0 N–H and O–H groups in total. The van der Waals surface area contributed by atoms with Gasteiger partial charge in [0.15, 0.2) is 11.0 Å². The predicted octanol–water partition coefficient (Wildman–Crippen LogP) is 5.28. The van der Waals surface area contributed by atoms with Gasteiger partial charge >= 0.3 is 0 Å². The van der Waals surface area contributed by atoms with Crippen LogP contribution < -0.4 is 0 Å². The fourth-order valence-electron chi connectivity index (χ4n) is 3.71. The van der Waals surface area contributed by atoms with Gasteiger partial charge < -0.3 is 9.64 Å². The molecule has 0 aliphatic carbocycles. The maximum atomic E-state index is 12.9. The number of rotatable bonds is 5. The monoisotopic (exact) mass is 490 g/mol. The minimum atomic E-state index is 0.0284. The summed E-state index contributed by atoms with van der Waals surface area (Å²) in [5.74, 6) is 0.983. The number of benzene rings is 2. The van der Waals surface area contributed by atoms with E-state index in [1.807, 2.05) is 60.6 Å². The van der Waals surface area contributed by atoms with Crippen molar-refractivity contribution in [3.05, 3.63) is 58.1 Å². The van der Waals surface area contributed by atoms with Gasteiger partial charge in [-0.2, -0.15) is 0 Å². The minimum Gasteiger partial charge on any atom is -0.372 e. The lowest BCUT2D eigenvalue weighted by Crippen LogP contribution is -2.48. The van der Waals surface area contributed by atoms with Crippen molar-refractivity contribution in [2.45, 2.75) is 38.1 Å². The van der Waals surface area contributed by atoms with Gasteiger partial charge in [-0.3, -0.25) is 9.36 Å². The maximum absolute atomic E-state index is 12.9. The first-order valence-electron chi connectivity index (χ1n) is 10.4. The number of thioether (sulfide) groups is 1. The number of aromatic nitrogens is 3. The lowest BCUT2D eigenvalue weighted by atomic mass is 10.1. The van der Waals surface area contributed by atoms with Crippen LogP contribution in [0.25, 0.3) is 17.1 Å². The Morgan fingerprint density at radius 1 is 1.06 bits per heavy atom. The van der Waals surface area contributed by atoms with Crippen LogP contribution in [0.15, 0.2) is 47.6 Å².